The fourth-order valence-corrected chi connectivity index (χ4v) is 0.980. The van der Waals surface area contributed by atoms with Crippen LogP contribution < -0.4 is 0 Å². The Morgan fingerprint density at radius 1 is 1.43 bits per heavy atom. The SMILES string of the molecule is OCC(O)COC[OH+]C1COCOC1. The summed E-state index contributed by atoms with van der Waals surface area (Å²) < 4.78 is 19.2. The van der Waals surface area contributed by atoms with Gasteiger partial charge in [-0.2, -0.15) is 0 Å². The molecule has 1 aliphatic rings. The van der Waals surface area contributed by atoms with Crippen molar-refractivity contribution >= 4 is 0 Å². The van der Waals surface area contributed by atoms with Gasteiger partial charge in [0.2, 0.25) is 6.10 Å². The normalized spacial score (nSPS) is 21.0. The summed E-state index contributed by atoms with van der Waals surface area (Å²) >= 11 is 0. The Kier molecular flexibility index (Phi) is 6.00. The van der Waals surface area contributed by atoms with Gasteiger partial charge in [0.25, 0.3) is 6.79 Å². The lowest BCUT2D eigenvalue weighted by atomic mass is 10.4. The Hall–Kier alpha value is -0.240. The Bertz CT molecular complexity index is 136. The van der Waals surface area contributed by atoms with Crippen molar-refractivity contribution in [3.05, 3.63) is 0 Å². The second kappa shape index (κ2) is 7.10. The van der Waals surface area contributed by atoms with E-state index in [2.05, 4.69) is 4.74 Å². The van der Waals surface area contributed by atoms with E-state index in [9.17, 15) is 0 Å². The van der Waals surface area contributed by atoms with Crippen molar-refractivity contribution in [1.82, 2.24) is 0 Å². The van der Waals surface area contributed by atoms with Crippen LogP contribution in [0, 0.1) is 0 Å². The molecule has 0 radical (unpaired) electrons. The van der Waals surface area contributed by atoms with E-state index < -0.39 is 6.10 Å². The fraction of sp³-hybridized carbons (Fsp3) is 1.00. The second-order valence-corrected chi connectivity index (χ2v) is 3.03. The molecular formula is C8H17O6+. The Balaban J connectivity index is 1.92. The Labute approximate surface area is 82.3 Å². The summed E-state index contributed by atoms with van der Waals surface area (Å²) in [4.78, 5) is 0. The van der Waals surface area contributed by atoms with Crippen molar-refractivity contribution in [1.29, 1.82) is 0 Å². The lowest BCUT2D eigenvalue weighted by molar-refractivity contribution is -0.267. The summed E-state index contributed by atoms with van der Waals surface area (Å²) in [7, 11) is 0. The van der Waals surface area contributed by atoms with Gasteiger partial charge in [0.05, 0.1) is 13.2 Å². The molecule has 1 aliphatic heterocycles. The van der Waals surface area contributed by atoms with Crippen LogP contribution in [0.2, 0.25) is 0 Å². The van der Waals surface area contributed by atoms with Gasteiger partial charge in [0, 0.05) is 0 Å². The Morgan fingerprint density at radius 3 is 2.79 bits per heavy atom. The minimum atomic E-state index is -0.830. The van der Waals surface area contributed by atoms with Crippen LogP contribution >= 0.6 is 0 Å². The molecule has 1 fully saturated rings. The molecule has 3 N–H and O–H groups in total. The summed E-state index contributed by atoms with van der Waals surface area (Å²) in [6.07, 6.45) is -0.820. The van der Waals surface area contributed by atoms with Gasteiger partial charge in [-0.25, -0.2) is 0 Å². The van der Waals surface area contributed by atoms with Crippen molar-refractivity contribution in [2.24, 2.45) is 0 Å². The molecule has 0 aromatic carbocycles. The molecule has 0 aliphatic carbocycles. The summed E-state index contributed by atoms with van der Waals surface area (Å²) in [5.74, 6) is 0. The van der Waals surface area contributed by atoms with Crippen LogP contribution in [0.15, 0.2) is 0 Å². The van der Waals surface area contributed by atoms with Crippen molar-refractivity contribution in [3.8, 4) is 0 Å². The first-order chi connectivity index (χ1) is 6.83. The zero-order chi connectivity index (χ0) is 10.2. The molecule has 6 heteroatoms. The Morgan fingerprint density at radius 2 is 2.14 bits per heavy atom. The van der Waals surface area contributed by atoms with Crippen LogP contribution in [-0.2, 0) is 14.2 Å². The van der Waals surface area contributed by atoms with Crippen LogP contribution in [0.1, 0.15) is 0 Å². The molecule has 14 heavy (non-hydrogen) atoms. The predicted octanol–water partition coefficient (Wildman–Crippen LogP) is -1.79. The highest BCUT2D eigenvalue weighted by Crippen LogP contribution is 1.99. The van der Waals surface area contributed by atoms with Crippen LogP contribution in [0.25, 0.3) is 0 Å². The number of aliphatic hydroxyl groups excluding tert-OH is 2. The van der Waals surface area contributed by atoms with Crippen molar-refractivity contribution in [3.63, 3.8) is 0 Å². The molecule has 0 bridgehead atoms. The van der Waals surface area contributed by atoms with E-state index in [1.807, 2.05) is 0 Å². The van der Waals surface area contributed by atoms with E-state index in [0.717, 1.165) is 0 Å². The third kappa shape index (κ3) is 4.85. The molecule has 0 amide bonds. The fourth-order valence-electron chi connectivity index (χ4n) is 0.980. The first kappa shape index (κ1) is 11.8. The zero-order valence-corrected chi connectivity index (χ0v) is 7.96. The lowest BCUT2D eigenvalue weighted by Crippen LogP contribution is -2.35. The molecule has 1 rings (SSSR count). The molecule has 6 nitrogen and oxygen atoms in total. The number of rotatable bonds is 6. The van der Waals surface area contributed by atoms with Crippen LogP contribution in [-0.4, -0.2) is 67.2 Å². The van der Waals surface area contributed by atoms with Gasteiger partial charge in [-0.1, -0.05) is 0 Å². The maximum atomic E-state index is 8.93. The first-order valence-electron chi connectivity index (χ1n) is 4.51. The van der Waals surface area contributed by atoms with Gasteiger partial charge >= 0.3 is 0 Å². The molecule has 1 saturated heterocycles. The molecular weight excluding hydrogens is 192 g/mol. The van der Waals surface area contributed by atoms with Crippen molar-refractivity contribution in [2.75, 3.05) is 40.0 Å². The smallest absolute Gasteiger partial charge is 0.254 e. The lowest BCUT2D eigenvalue weighted by Gasteiger charge is -2.19. The van der Waals surface area contributed by atoms with Gasteiger partial charge in [0.15, 0.2) is 0 Å². The van der Waals surface area contributed by atoms with Gasteiger partial charge in [-0.15, -0.1) is 0 Å². The van der Waals surface area contributed by atoms with Gasteiger partial charge in [0.1, 0.15) is 26.1 Å². The van der Waals surface area contributed by atoms with Gasteiger partial charge < -0.3 is 29.2 Å². The highest BCUT2D eigenvalue weighted by Gasteiger charge is 2.18. The van der Waals surface area contributed by atoms with Gasteiger partial charge in [-0.05, 0) is 0 Å². The third-order valence-electron chi connectivity index (χ3n) is 1.73. The quantitative estimate of drug-likeness (QED) is 0.307. The molecule has 1 atom stereocenters. The molecule has 0 saturated carbocycles. The van der Waals surface area contributed by atoms with E-state index in [1.54, 1.807) is 0 Å². The molecule has 0 spiro atoms. The third-order valence-corrected chi connectivity index (χ3v) is 1.73. The topological polar surface area (TPSA) is 81.0 Å². The maximum absolute atomic E-state index is 8.93. The van der Waals surface area contributed by atoms with Crippen LogP contribution in [0.4, 0.5) is 0 Å². The molecule has 1 unspecified atom stereocenters. The zero-order valence-electron chi connectivity index (χ0n) is 7.96. The number of hydrogen-bond acceptors (Lipinski definition) is 5. The molecule has 1 heterocycles. The summed E-state index contributed by atoms with van der Waals surface area (Å²) in [6.45, 7) is 1.41. The minimum Gasteiger partial charge on any atom is -0.406 e. The second-order valence-electron chi connectivity index (χ2n) is 3.03. The first-order valence-corrected chi connectivity index (χ1v) is 4.51. The highest BCUT2D eigenvalue weighted by molar-refractivity contribution is 4.55. The minimum absolute atomic E-state index is 0.00928. The summed E-state index contributed by atoms with van der Waals surface area (Å²) in [5, 5.41) is 17.4. The standard InChI is InChI=1S/C8H16O6/c9-1-7(10)2-11-6-14-8-3-12-5-13-4-8/h7-10H,1-6H2/p+1. The van der Waals surface area contributed by atoms with Crippen molar-refractivity contribution in [2.45, 2.75) is 12.2 Å². The van der Waals surface area contributed by atoms with E-state index in [1.165, 1.54) is 0 Å². The largest absolute Gasteiger partial charge is 0.406 e. The summed E-state index contributed by atoms with van der Waals surface area (Å²) in [5.41, 5.74) is 0. The molecule has 0 aromatic rings. The average Bonchev–Trinajstić information content (AvgIpc) is 2.25. The molecule has 0 aromatic heterocycles. The maximum Gasteiger partial charge on any atom is 0.254 e. The monoisotopic (exact) mass is 209 g/mol. The average molecular weight is 209 g/mol. The van der Waals surface area contributed by atoms with Crippen LogP contribution in [0.3, 0.4) is 0 Å². The van der Waals surface area contributed by atoms with Gasteiger partial charge in [-0.3, -0.25) is 0 Å². The van der Waals surface area contributed by atoms with E-state index >= 15 is 0 Å². The number of hydrogen-bond donors (Lipinski definition) is 2. The predicted molar refractivity (Wildman–Crippen MR) is 46.7 cm³/mol. The number of ether oxygens (including phenoxy) is 4. The van der Waals surface area contributed by atoms with Crippen LogP contribution in [0.5, 0.6) is 0 Å². The molecule has 84 valence electrons. The number of aliphatic hydroxyl groups is 4. The van der Waals surface area contributed by atoms with Crippen molar-refractivity contribution < 1.29 is 29.2 Å². The highest BCUT2D eigenvalue weighted by atomic mass is 16.7. The van der Waals surface area contributed by atoms with E-state index in [4.69, 9.17) is 24.4 Å². The van der Waals surface area contributed by atoms with E-state index in [0.29, 0.717) is 20.0 Å². The summed E-state index contributed by atoms with van der Waals surface area (Å²) in [6, 6.07) is 0. The van der Waals surface area contributed by atoms with E-state index in [-0.39, 0.29) is 26.1 Å².